The molecule has 1 aliphatic rings. The number of esters is 1. The molecular formula is C23H29NO4S. The second-order valence-electron chi connectivity index (χ2n) is 7.55. The van der Waals surface area contributed by atoms with Gasteiger partial charge in [0.05, 0.1) is 19.3 Å². The number of aryl methyl sites for hydroxylation is 1. The van der Waals surface area contributed by atoms with Gasteiger partial charge in [-0.2, -0.15) is 0 Å². The first kappa shape index (κ1) is 21.4. The molecule has 0 saturated carbocycles. The Bertz CT molecular complexity index is 857. The fourth-order valence-electron chi connectivity index (χ4n) is 3.59. The molecule has 0 fully saturated rings. The number of amides is 1. The maximum atomic E-state index is 12.4. The van der Waals surface area contributed by atoms with Gasteiger partial charge in [-0.1, -0.05) is 26.0 Å². The van der Waals surface area contributed by atoms with Gasteiger partial charge in [-0.3, -0.25) is 4.79 Å². The highest BCUT2D eigenvalue weighted by atomic mass is 32.1. The van der Waals surface area contributed by atoms with Crippen molar-refractivity contribution in [3.63, 3.8) is 0 Å². The molecule has 0 spiro atoms. The summed E-state index contributed by atoms with van der Waals surface area (Å²) in [6.45, 7) is 4.81. The van der Waals surface area contributed by atoms with E-state index < -0.39 is 0 Å². The van der Waals surface area contributed by atoms with Gasteiger partial charge in [0.15, 0.2) is 0 Å². The van der Waals surface area contributed by atoms with Crippen LogP contribution in [0, 0.1) is 5.92 Å². The summed E-state index contributed by atoms with van der Waals surface area (Å²) in [6, 6.07) is 8.02. The van der Waals surface area contributed by atoms with E-state index in [4.69, 9.17) is 9.47 Å². The molecule has 2 aromatic rings. The Morgan fingerprint density at radius 1 is 1.24 bits per heavy atom. The van der Waals surface area contributed by atoms with E-state index in [2.05, 4.69) is 31.3 Å². The fraction of sp³-hybridized carbons (Fsp3) is 0.478. The number of ether oxygens (including phenoxy) is 2. The minimum absolute atomic E-state index is 0.105. The van der Waals surface area contributed by atoms with Crippen molar-refractivity contribution in [2.45, 2.75) is 52.4 Å². The van der Waals surface area contributed by atoms with Crippen LogP contribution in [0.15, 0.2) is 24.3 Å². The molecule has 0 aliphatic heterocycles. The van der Waals surface area contributed by atoms with Crippen LogP contribution >= 0.6 is 11.3 Å². The number of hydrogen-bond acceptors (Lipinski definition) is 5. The van der Waals surface area contributed by atoms with Crippen molar-refractivity contribution in [3.8, 4) is 5.75 Å². The highest BCUT2D eigenvalue weighted by Gasteiger charge is 2.28. The summed E-state index contributed by atoms with van der Waals surface area (Å²) < 4.78 is 10.7. The number of hydrogen-bond donors (Lipinski definition) is 1. The maximum Gasteiger partial charge on any atom is 0.341 e. The average molecular weight is 416 g/mol. The lowest BCUT2D eigenvalue weighted by Gasteiger charge is -2.18. The monoisotopic (exact) mass is 415 g/mol. The van der Waals surface area contributed by atoms with Gasteiger partial charge in [0.1, 0.15) is 10.8 Å². The van der Waals surface area contributed by atoms with Crippen LogP contribution in [-0.2, 0) is 28.8 Å². The number of rotatable bonds is 8. The van der Waals surface area contributed by atoms with Crippen molar-refractivity contribution in [2.75, 3.05) is 19.0 Å². The van der Waals surface area contributed by atoms with Crippen LogP contribution in [0.4, 0.5) is 5.00 Å². The number of methoxy groups -OCH3 is 1. The number of anilines is 1. The Balaban J connectivity index is 1.55. The molecule has 1 amide bonds. The molecule has 1 N–H and O–H groups in total. The van der Waals surface area contributed by atoms with Gasteiger partial charge in [0.25, 0.3) is 0 Å². The largest absolute Gasteiger partial charge is 0.494 e. The lowest BCUT2D eigenvalue weighted by molar-refractivity contribution is -0.116. The minimum Gasteiger partial charge on any atom is -0.494 e. The van der Waals surface area contributed by atoms with Crippen LogP contribution in [0.25, 0.3) is 0 Å². The second kappa shape index (κ2) is 9.92. The van der Waals surface area contributed by atoms with Crippen molar-refractivity contribution in [1.82, 2.24) is 0 Å². The van der Waals surface area contributed by atoms with Crippen LogP contribution in [0.5, 0.6) is 5.75 Å². The topological polar surface area (TPSA) is 64.6 Å². The van der Waals surface area contributed by atoms with Crippen LogP contribution in [0.1, 0.15) is 59.5 Å². The molecule has 5 nitrogen and oxygen atoms in total. The third-order valence-electron chi connectivity index (χ3n) is 5.30. The van der Waals surface area contributed by atoms with Crippen LogP contribution in [-0.4, -0.2) is 25.6 Å². The Morgan fingerprint density at radius 2 is 2.00 bits per heavy atom. The molecule has 1 atom stereocenters. The minimum atomic E-state index is -0.369. The number of thiophene rings is 1. The Kier molecular flexibility index (Phi) is 7.31. The Labute approximate surface area is 176 Å². The third kappa shape index (κ3) is 5.38. The first-order valence-electron chi connectivity index (χ1n) is 10.3. The number of carbonyl (C=O) groups is 2. The van der Waals surface area contributed by atoms with E-state index in [1.807, 2.05) is 12.1 Å². The molecule has 29 heavy (non-hydrogen) atoms. The summed E-state index contributed by atoms with van der Waals surface area (Å²) in [5.74, 6) is 0.937. The quantitative estimate of drug-likeness (QED) is 0.486. The molecule has 1 aromatic carbocycles. The van der Waals surface area contributed by atoms with E-state index in [-0.39, 0.29) is 11.9 Å². The number of nitrogens with one attached hydrogen (secondary N) is 1. The first-order valence-corrected chi connectivity index (χ1v) is 11.1. The summed E-state index contributed by atoms with van der Waals surface area (Å²) in [6.07, 6.45) is 4.81. The molecule has 1 aromatic heterocycles. The van der Waals surface area contributed by atoms with Crippen LogP contribution < -0.4 is 10.1 Å². The summed E-state index contributed by atoms with van der Waals surface area (Å²) in [5, 5.41) is 3.56. The zero-order chi connectivity index (χ0) is 20.8. The molecule has 6 heteroatoms. The molecule has 1 unspecified atom stereocenters. The van der Waals surface area contributed by atoms with E-state index in [0.717, 1.165) is 37.0 Å². The average Bonchev–Trinajstić information content (AvgIpc) is 3.07. The summed E-state index contributed by atoms with van der Waals surface area (Å²) >= 11 is 1.51. The molecule has 1 heterocycles. The number of carbonyl (C=O) groups excluding carboxylic acids is 2. The molecule has 3 rings (SSSR count). The van der Waals surface area contributed by atoms with E-state index in [1.165, 1.54) is 28.9 Å². The van der Waals surface area contributed by atoms with E-state index >= 15 is 0 Å². The molecule has 0 saturated heterocycles. The Hall–Kier alpha value is -2.34. The normalized spacial score (nSPS) is 15.5. The number of benzene rings is 1. The van der Waals surface area contributed by atoms with Gasteiger partial charge in [0.2, 0.25) is 5.91 Å². The fourth-order valence-corrected chi connectivity index (χ4v) is 5.01. The van der Waals surface area contributed by atoms with Crippen molar-refractivity contribution in [1.29, 1.82) is 0 Å². The van der Waals surface area contributed by atoms with Gasteiger partial charge < -0.3 is 14.8 Å². The van der Waals surface area contributed by atoms with E-state index in [0.29, 0.717) is 35.9 Å². The molecule has 0 bridgehead atoms. The van der Waals surface area contributed by atoms with Gasteiger partial charge in [0, 0.05) is 11.3 Å². The van der Waals surface area contributed by atoms with E-state index in [9.17, 15) is 9.59 Å². The summed E-state index contributed by atoms with van der Waals surface area (Å²) in [7, 11) is 1.38. The first-order chi connectivity index (χ1) is 14.0. The number of fused-ring (bicyclic) bond motifs is 1. The van der Waals surface area contributed by atoms with Gasteiger partial charge >= 0.3 is 5.97 Å². The van der Waals surface area contributed by atoms with Gasteiger partial charge in [-0.15, -0.1) is 11.3 Å². The zero-order valence-corrected chi connectivity index (χ0v) is 18.2. The smallest absolute Gasteiger partial charge is 0.341 e. The SMILES string of the molecule is CCc1ccc(OCCCC(=O)Nc2sc3c(c2C(=O)OC)CCC(C)C3)cc1. The molecule has 156 valence electrons. The van der Waals surface area contributed by atoms with Gasteiger partial charge in [-0.05, 0) is 61.3 Å². The lowest BCUT2D eigenvalue weighted by Crippen LogP contribution is -2.16. The predicted molar refractivity (Wildman–Crippen MR) is 116 cm³/mol. The second-order valence-corrected chi connectivity index (χ2v) is 8.65. The Morgan fingerprint density at radius 3 is 2.69 bits per heavy atom. The van der Waals surface area contributed by atoms with Crippen molar-refractivity contribution in [3.05, 3.63) is 45.8 Å². The lowest BCUT2D eigenvalue weighted by atomic mass is 9.88. The molecular weight excluding hydrogens is 386 g/mol. The molecule has 1 aliphatic carbocycles. The third-order valence-corrected chi connectivity index (χ3v) is 6.47. The van der Waals surface area contributed by atoms with E-state index in [1.54, 1.807) is 0 Å². The van der Waals surface area contributed by atoms with Crippen LogP contribution in [0.3, 0.4) is 0 Å². The highest BCUT2D eigenvalue weighted by Crippen LogP contribution is 2.40. The summed E-state index contributed by atoms with van der Waals surface area (Å²) in [5.41, 5.74) is 2.86. The summed E-state index contributed by atoms with van der Waals surface area (Å²) in [4.78, 5) is 25.9. The standard InChI is InChI=1S/C23H29NO4S/c1-4-16-8-10-17(11-9-16)28-13-5-6-20(25)24-22-21(23(26)27-3)18-12-7-15(2)14-19(18)29-22/h8-11,15H,4-7,12-14H2,1-3H3,(H,24,25). The van der Waals surface area contributed by atoms with Crippen molar-refractivity contribution >= 4 is 28.2 Å². The molecule has 0 radical (unpaired) electrons. The zero-order valence-electron chi connectivity index (χ0n) is 17.4. The maximum absolute atomic E-state index is 12.4. The van der Waals surface area contributed by atoms with Crippen molar-refractivity contribution in [2.24, 2.45) is 5.92 Å². The van der Waals surface area contributed by atoms with Crippen LogP contribution in [0.2, 0.25) is 0 Å². The van der Waals surface area contributed by atoms with Crippen molar-refractivity contribution < 1.29 is 19.1 Å². The highest BCUT2D eigenvalue weighted by molar-refractivity contribution is 7.17. The van der Waals surface area contributed by atoms with Gasteiger partial charge in [-0.25, -0.2) is 4.79 Å². The predicted octanol–water partition coefficient (Wildman–Crippen LogP) is 5.02.